The first-order valence-corrected chi connectivity index (χ1v) is 16.4. The van der Waals surface area contributed by atoms with Crippen LogP contribution >= 0.6 is 15.9 Å². The minimum atomic E-state index is -4.44. The van der Waals surface area contributed by atoms with Crippen LogP contribution in [0.5, 0.6) is 23.0 Å². The van der Waals surface area contributed by atoms with Crippen molar-refractivity contribution in [3.05, 3.63) is 70.7 Å². The normalized spacial score (nSPS) is 12.4. The number of carbonyl (C=O) groups excluding carboxylic acids is 2. The Morgan fingerprint density at radius 1 is 0.867 bits per heavy atom. The van der Waals surface area contributed by atoms with Gasteiger partial charge in [-0.1, -0.05) is 35.0 Å². The quantitative estimate of drug-likeness (QED) is 0.234. The molecule has 3 aromatic carbocycles. The van der Waals surface area contributed by atoms with Gasteiger partial charge in [-0.3, -0.25) is 13.9 Å². The summed E-state index contributed by atoms with van der Waals surface area (Å²) in [5, 5.41) is 2.92. The van der Waals surface area contributed by atoms with Crippen LogP contribution < -0.4 is 28.6 Å². The van der Waals surface area contributed by atoms with Crippen LogP contribution in [0.2, 0.25) is 0 Å². The third-order valence-corrected chi connectivity index (χ3v) is 9.54. The number of halogens is 1. The van der Waals surface area contributed by atoms with E-state index in [0.717, 1.165) is 14.3 Å². The Kier molecular flexibility index (Phi) is 12.5. The molecule has 0 unspecified atom stereocenters. The molecular weight excluding hydrogens is 666 g/mol. The predicted octanol–water partition coefficient (Wildman–Crippen LogP) is 5.01. The topological polar surface area (TPSA) is 124 Å². The fourth-order valence-electron chi connectivity index (χ4n) is 4.49. The average Bonchev–Trinajstić information content (AvgIpc) is 3.04. The van der Waals surface area contributed by atoms with Gasteiger partial charge in [0.2, 0.25) is 11.8 Å². The highest BCUT2D eigenvalue weighted by Gasteiger charge is 2.35. The van der Waals surface area contributed by atoms with Crippen molar-refractivity contribution in [2.45, 2.75) is 50.7 Å². The van der Waals surface area contributed by atoms with Gasteiger partial charge in [0.15, 0.2) is 11.5 Å². The van der Waals surface area contributed by atoms with E-state index >= 15 is 0 Å². The van der Waals surface area contributed by atoms with Gasteiger partial charge in [0.25, 0.3) is 10.0 Å². The molecule has 11 nitrogen and oxygen atoms in total. The molecule has 3 aromatic rings. The van der Waals surface area contributed by atoms with E-state index < -0.39 is 28.5 Å². The molecule has 0 aliphatic rings. The molecule has 2 amide bonds. The molecule has 0 aromatic heterocycles. The van der Waals surface area contributed by atoms with Crippen LogP contribution in [0.3, 0.4) is 0 Å². The molecular formula is C32H40BrN3O8S. The van der Waals surface area contributed by atoms with Crippen molar-refractivity contribution in [3.8, 4) is 23.0 Å². The van der Waals surface area contributed by atoms with Gasteiger partial charge in [-0.2, -0.15) is 0 Å². The van der Waals surface area contributed by atoms with Crippen molar-refractivity contribution in [2.75, 3.05) is 39.3 Å². The lowest BCUT2D eigenvalue weighted by Crippen LogP contribution is -2.52. The molecule has 0 fully saturated rings. The van der Waals surface area contributed by atoms with Crippen LogP contribution in [-0.2, 0) is 26.2 Å². The monoisotopic (exact) mass is 705 g/mol. The molecule has 0 aliphatic heterocycles. The van der Waals surface area contributed by atoms with Gasteiger partial charge in [-0.15, -0.1) is 0 Å². The highest BCUT2D eigenvalue weighted by Crippen LogP contribution is 2.38. The Balaban J connectivity index is 2.17. The van der Waals surface area contributed by atoms with E-state index in [1.807, 2.05) is 38.1 Å². The van der Waals surface area contributed by atoms with Crippen LogP contribution in [0.25, 0.3) is 0 Å². The first-order valence-electron chi connectivity index (χ1n) is 14.2. The number of sulfonamides is 1. The summed E-state index contributed by atoms with van der Waals surface area (Å²) in [6.45, 7) is 4.82. The summed E-state index contributed by atoms with van der Waals surface area (Å²) in [7, 11) is 1.24. The Labute approximate surface area is 273 Å². The number of carbonyl (C=O) groups is 2. The van der Waals surface area contributed by atoms with Gasteiger partial charge in [0, 0.05) is 29.2 Å². The van der Waals surface area contributed by atoms with Crippen LogP contribution in [0.15, 0.2) is 70.0 Å². The Morgan fingerprint density at radius 2 is 1.53 bits per heavy atom. The Morgan fingerprint density at radius 3 is 2.13 bits per heavy atom. The van der Waals surface area contributed by atoms with Crippen molar-refractivity contribution < 1.29 is 37.0 Å². The summed E-state index contributed by atoms with van der Waals surface area (Å²) in [5.41, 5.74) is 0.813. The van der Waals surface area contributed by atoms with Gasteiger partial charge in [-0.05, 0) is 62.2 Å². The largest absolute Gasteiger partial charge is 0.497 e. The number of amides is 2. The molecule has 13 heteroatoms. The second kappa shape index (κ2) is 15.8. The molecule has 0 aliphatic carbocycles. The number of anilines is 1. The van der Waals surface area contributed by atoms with Crippen molar-refractivity contribution in [2.24, 2.45) is 0 Å². The highest BCUT2D eigenvalue weighted by molar-refractivity contribution is 9.10. The molecule has 3 rings (SSSR count). The van der Waals surface area contributed by atoms with Crippen molar-refractivity contribution >= 4 is 43.5 Å². The van der Waals surface area contributed by atoms with Gasteiger partial charge >= 0.3 is 0 Å². The molecule has 2 atom stereocenters. The standard InChI is InChI=1S/C32H40BrN3O8S/c1-8-21(2)34-32(38)22(3)35(19-23-10-9-11-24(33)16-23)31(37)20-36(27-17-25(41-4)12-14-28(27)42-5)45(39,40)26-13-15-29(43-6)30(18-26)44-7/h9-18,21-22H,8,19-20H2,1-7H3,(H,34,38)/t21-,22-/m0/s1. The lowest BCUT2D eigenvalue weighted by molar-refractivity contribution is -0.139. The first kappa shape index (κ1) is 35.5. The maximum absolute atomic E-state index is 14.4. The van der Waals surface area contributed by atoms with Gasteiger partial charge in [0.1, 0.15) is 24.1 Å². The number of ether oxygens (including phenoxy) is 4. The van der Waals surface area contributed by atoms with Crippen molar-refractivity contribution in [1.82, 2.24) is 10.2 Å². The lowest BCUT2D eigenvalue weighted by atomic mass is 10.1. The smallest absolute Gasteiger partial charge is 0.265 e. The zero-order chi connectivity index (χ0) is 33.3. The van der Waals surface area contributed by atoms with Crippen LogP contribution in [-0.4, -0.2) is 72.2 Å². The SMILES string of the molecule is CC[C@H](C)NC(=O)[C@H](C)N(Cc1cccc(Br)c1)C(=O)CN(c1cc(OC)ccc1OC)S(=O)(=O)c1ccc(OC)c(OC)c1. The van der Waals surface area contributed by atoms with Gasteiger partial charge in [-0.25, -0.2) is 8.42 Å². The number of hydrogen-bond acceptors (Lipinski definition) is 8. The van der Waals surface area contributed by atoms with E-state index in [-0.39, 0.29) is 40.6 Å². The number of nitrogens with zero attached hydrogens (tertiary/aromatic N) is 2. The van der Waals surface area contributed by atoms with E-state index in [0.29, 0.717) is 17.9 Å². The average molecular weight is 707 g/mol. The highest BCUT2D eigenvalue weighted by atomic mass is 79.9. The zero-order valence-corrected chi connectivity index (χ0v) is 28.9. The molecule has 244 valence electrons. The molecule has 0 radical (unpaired) electrons. The molecule has 0 spiro atoms. The lowest BCUT2D eigenvalue weighted by Gasteiger charge is -2.33. The molecule has 1 N–H and O–H groups in total. The third-order valence-electron chi connectivity index (χ3n) is 7.29. The van der Waals surface area contributed by atoms with Gasteiger partial charge < -0.3 is 29.2 Å². The van der Waals surface area contributed by atoms with Gasteiger partial charge in [0.05, 0.1) is 39.0 Å². The summed E-state index contributed by atoms with van der Waals surface area (Å²) in [6, 6.07) is 15.1. The predicted molar refractivity (Wildman–Crippen MR) is 176 cm³/mol. The maximum atomic E-state index is 14.4. The van der Waals surface area contributed by atoms with E-state index in [1.54, 1.807) is 19.1 Å². The number of nitrogens with one attached hydrogen (secondary N) is 1. The number of methoxy groups -OCH3 is 4. The second-order valence-corrected chi connectivity index (χ2v) is 13.0. The number of hydrogen-bond donors (Lipinski definition) is 1. The minimum Gasteiger partial charge on any atom is -0.497 e. The maximum Gasteiger partial charge on any atom is 0.265 e. The van der Waals surface area contributed by atoms with Crippen LogP contribution in [0.1, 0.15) is 32.8 Å². The summed E-state index contributed by atoms with van der Waals surface area (Å²) in [5.74, 6) is 0.0805. The Bertz CT molecular complexity index is 1600. The molecule has 0 saturated heterocycles. The summed E-state index contributed by atoms with van der Waals surface area (Å²) in [4.78, 5) is 28.8. The van der Waals surface area contributed by atoms with Crippen molar-refractivity contribution in [1.29, 1.82) is 0 Å². The van der Waals surface area contributed by atoms with Crippen molar-refractivity contribution in [3.63, 3.8) is 0 Å². The molecule has 0 bridgehead atoms. The number of benzene rings is 3. The molecule has 0 saturated carbocycles. The van der Waals surface area contributed by atoms with Crippen LogP contribution in [0.4, 0.5) is 5.69 Å². The summed E-state index contributed by atoms with van der Waals surface area (Å²) >= 11 is 3.46. The van der Waals surface area contributed by atoms with E-state index in [4.69, 9.17) is 18.9 Å². The second-order valence-electron chi connectivity index (χ2n) is 10.2. The van der Waals surface area contributed by atoms with E-state index in [1.165, 1.54) is 57.6 Å². The summed E-state index contributed by atoms with van der Waals surface area (Å²) in [6.07, 6.45) is 0.699. The molecule has 0 heterocycles. The fourth-order valence-corrected chi connectivity index (χ4v) is 6.37. The Hall–Kier alpha value is -3.97. The number of rotatable bonds is 15. The molecule has 45 heavy (non-hydrogen) atoms. The summed E-state index contributed by atoms with van der Waals surface area (Å²) < 4.78 is 52.1. The third kappa shape index (κ3) is 8.60. The fraction of sp³-hybridized carbons (Fsp3) is 0.375. The van der Waals surface area contributed by atoms with Crippen LogP contribution in [0, 0.1) is 0 Å². The minimum absolute atomic E-state index is 0.0485. The first-order chi connectivity index (χ1) is 21.4. The zero-order valence-electron chi connectivity index (χ0n) is 26.5. The van der Waals surface area contributed by atoms with E-state index in [2.05, 4.69) is 21.2 Å². The van der Waals surface area contributed by atoms with E-state index in [9.17, 15) is 18.0 Å².